The number of rotatable bonds is 4. The van der Waals surface area contributed by atoms with Crippen LogP contribution in [0.1, 0.15) is 30.3 Å². The van der Waals surface area contributed by atoms with Crippen LogP contribution < -0.4 is 5.32 Å². The first-order valence-corrected chi connectivity index (χ1v) is 6.55. The maximum Gasteiger partial charge on any atom is 0.0948 e. The Morgan fingerprint density at radius 2 is 2.44 bits per heavy atom. The molecule has 1 saturated heterocycles. The van der Waals surface area contributed by atoms with Crippen molar-refractivity contribution in [1.82, 2.24) is 24.6 Å². The molecule has 0 aliphatic carbocycles. The minimum absolute atomic E-state index is 0.483. The van der Waals surface area contributed by atoms with Crippen LogP contribution in [-0.2, 0) is 20.0 Å². The third-order valence-corrected chi connectivity index (χ3v) is 3.54. The molecule has 3 heterocycles. The van der Waals surface area contributed by atoms with Crippen LogP contribution in [0, 0.1) is 0 Å². The van der Waals surface area contributed by atoms with Crippen molar-refractivity contribution < 1.29 is 0 Å². The molecule has 1 N–H and O–H groups in total. The van der Waals surface area contributed by atoms with E-state index in [4.69, 9.17) is 0 Å². The second-order valence-corrected chi connectivity index (χ2v) is 4.89. The summed E-state index contributed by atoms with van der Waals surface area (Å²) in [7, 11) is 1.95. The lowest BCUT2D eigenvalue weighted by Gasteiger charge is -2.13. The van der Waals surface area contributed by atoms with Gasteiger partial charge in [0, 0.05) is 38.4 Å². The SMILES string of the molecule is Cn1ccc(CCn2cncc2[C@@H]2CCCN2)n1. The maximum absolute atomic E-state index is 4.40. The van der Waals surface area contributed by atoms with Gasteiger partial charge in [-0.2, -0.15) is 5.10 Å². The van der Waals surface area contributed by atoms with Crippen molar-refractivity contribution in [3.05, 3.63) is 36.2 Å². The molecule has 18 heavy (non-hydrogen) atoms. The Morgan fingerprint density at radius 3 is 3.17 bits per heavy atom. The van der Waals surface area contributed by atoms with Crippen molar-refractivity contribution >= 4 is 0 Å². The van der Waals surface area contributed by atoms with Crippen LogP contribution in [0.5, 0.6) is 0 Å². The van der Waals surface area contributed by atoms with Gasteiger partial charge >= 0.3 is 0 Å². The topological polar surface area (TPSA) is 47.7 Å². The van der Waals surface area contributed by atoms with Gasteiger partial charge in [0.25, 0.3) is 0 Å². The van der Waals surface area contributed by atoms with Crippen LogP contribution in [0.4, 0.5) is 0 Å². The highest BCUT2D eigenvalue weighted by Gasteiger charge is 2.19. The summed E-state index contributed by atoms with van der Waals surface area (Å²) in [6.45, 7) is 2.07. The number of nitrogens with one attached hydrogen (secondary N) is 1. The molecular weight excluding hydrogens is 226 g/mol. The standard InChI is InChI=1S/C13H19N5/c1-17-7-4-11(16-17)5-8-18-10-14-9-13(18)12-3-2-6-15-12/h4,7,9-10,12,15H,2-3,5-6,8H2,1H3/t12-/m0/s1. The summed E-state index contributed by atoms with van der Waals surface area (Å²) < 4.78 is 4.10. The fourth-order valence-electron chi connectivity index (χ4n) is 2.58. The monoisotopic (exact) mass is 245 g/mol. The predicted molar refractivity (Wildman–Crippen MR) is 69.1 cm³/mol. The Bertz CT molecular complexity index is 507. The van der Waals surface area contributed by atoms with Crippen molar-refractivity contribution in [3.63, 3.8) is 0 Å². The molecule has 1 aliphatic heterocycles. The Kier molecular flexibility index (Phi) is 3.15. The second-order valence-electron chi connectivity index (χ2n) is 4.89. The average molecular weight is 245 g/mol. The second kappa shape index (κ2) is 4.94. The quantitative estimate of drug-likeness (QED) is 0.883. The van der Waals surface area contributed by atoms with Gasteiger partial charge in [-0.15, -0.1) is 0 Å². The average Bonchev–Trinajstić information content (AvgIpc) is 3.07. The van der Waals surface area contributed by atoms with Crippen LogP contribution in [-0.4, -0.2) is 25.9 Å². The van der Waals surface area contributed by atoms with Crippen molar-refractivity contribution in [3.8, 4) is 0 Å². The molecule has 1 atom stereocenters. The number of nitrogens with zero attached hydrogens (tertiary/aromatic N) is 4. The molecule has 0 radical (unpaired) electrons. The fourth-order valence-corrected chi connectivity index (χ4v) is 2.58. The van der Waals surface area contributed by atoms with Crippen molar-refractivity contribution in [2.45, 2.75) is 31.8 Å². The van der Waals surface area contributed by atoms with E-state index >= 15 is 0 Å². The molecule has 0 spiro atoms. The molecule has 3 rings (SSSR count). The summed E-state index contributed by atoms with van der Waals surface area (Å²) in [5.74, 6) is 0. The van der Waals surface area contributed by atoms with Crippen LogP contribution in [0.3, 0.4) is 0 Å². The molecule has 1 aliphatic rings. The summed E-state index contributed by atoms with van der Waals surface area (Å²) in [6, 6.07) is 2.56. The van der Waals surface area contributed by atoms with Gasteiger partial charge in [-0.1, -0.05) is 0 Å². The lowest BCUT2D eigenvalue weighted by Crippen LogP contribution is -2.17. The van der Waals surface area contributed by atoms with E-state index in [0.29, 0.717) is 6.04 Å². The van der Waals surface area contributed by atoms with Crippen LogP contribution in [0.25, 0.3) is 0 Å². The van der Waals surface area contributed by atoms with E-state index in [1.165, 1.54) is 18.5 Å². The van der Waals surface area contributed by atoms with Crippen molar-refractivity contribution in [2.24, 2.45) is 7.05 Å². The highest BCUT2D eigenvalue weighted by molar-refractivity contribution is 5.08. The first-order chi connectivity index (χ1) is 8.83. The molecule has 1 fully saturated rings. The zero-order chi connectivity index (χ0) is 12.4. The maximum atomic E-state index is 4.40. The summed E-state index contributed by atoms with van der Waals surface area (Å²) in [4.78, 5) is 4.28. The summed E-state index contributed by atoms with van der Waals surface area (Å²) >= 11 is 0. The Labute approximate surface area is 107 Å². The van der Waals surface area contributed by atoms with Crippen molar-refractivity contribution in [2.75, 3.05) is 6.54 Å². The Morgan fingerprint density at radius 1 is 1.50 bits per heavy atom. The lowest BCUT2D eigenvalue weighted by molar-refractivity contribution is 0.559. The van der Waals surface area contributed by atoms with Gasteiger partial charge in [0.1, 0.15) is 0 Å². The van der Waals surface area contributed by atoms with E-state index in [1.807, 2.05) is 30.5 Å². The molecule has 96 valence electrons. The summed E-state index contributed by atoms with van der Waals surface area (Å²) in [6.07, 6.45) is 9.34. The molecular formula is C13H19N5. The van der Waals surface area contributed by atoms with E-state index in [9.17, 15) is 0 Å². The molecule has 0 amide bonds. The van der Waals surface area contributed by atoms with Gasteiger partial charge in [-0.3, -0.25) is 4.68 Å². The zero-order valence-corrected chi connectivity index (χ0v) is 10.7. The number of aromatic nitrogens is 4. The Balaban J connectivity index is 1.67. The number of aryl methyl sites for hydroxylation is 3. The van der Waals surface area contributed by atoms with Gasteiger partial charge < -0.3 is 9.88 Å². The number of hydrogen-bond acceptors (Lipinski definition) is 3. The molecule has 0 bridgehead atoms. The van der Waals surface area contributed by atoms with Crippen LogP contribution in [0.15, 0.2) is 24.8 Å². The van der Waals surface area contributed by atoms with Gasteiger partial charge in [0.05, 0.1) is 17.7 Å². The molecule has 2 aromatic rings. The molecule has 0 unspecified atom stereocenters. The molecule has 5 nitrogen and oxygen atoms in total. The predicted octanol–water partition coefficient (Wildman–Crippen LogP) is 1.28. The van der Waals surface area contributed by atoms with E-state index in [-0.39, 0.29) is 0 Å². The molecule has 0 aromatic carbocycles. The first-order valence-electron chi connectivity index (χ1n) is 6.55. The van der Waals surface area contributed by atoms with Gasteiger partial charge in [-0.05, 0) is 25.5 Å². The van der Waals surface area contributed by atoms with Crippen LogP contribution >= 0.6 is 0 Å². The highest BCUT2D eigenvalue weighted by Crippen LogP contribution is 2.22. The Hall–Kier alpha value is -1.62. The van der Waals surface area contributed by atoms with Crippen molar-refractivity contribution in [1.29, 1.82) is 0 Å². The summed E-state index contributed by atoms with van der Waals surface area (Å²) in [5, 5.41) is 7.93. The highest BCUT2D eigenvalue weighted by atomic mass is 15.2. The van der Waals surface area contributed by atoms with Gasteiger partial charge in [0.15, 0.2) is 0 Å². The smallest absolute Gasteiger partial charge is 0.0948 e. The minimum Gasteiger partial charge on any atom is -0.333 e. The van der Waals surface area contributed by atoms with Gasteiger partial charge in [0.2, 0.25) is 0 Å². The van der Waals surface area contributed by atoms with Crippen LogP contribution in [0.2, 0.25) is 0 Å². The molecule has 0 saturated carbocycles. The number of hydrogen-bond donors (Lipinski definition) is 1. The van der Waals surface area contributed by atoms with E-state index in [2.05, 4.69) is 26.0 Å². The zero-order valence-electron chi connectivity index (χ0n) is 10.7. The third kappa shape index (κ3) is 2.31. The summed E-state index contributed by atoms with van der Waals surface area (Å²) in [5.41, 5.74) is 2.44. The number of imidazole rings is 1. The lowest BCUT2D eigenvalue weighted by atomic mass is 10.1. The largest absolute Gasteiger partial charge is 0.333 e. The van der Waals surface area contributed by atoms with E-state index < -0.39 is 0 Å². The fraction of sp³-hybridized carbons (Fsp3) is 0.538. The molecule has 5 heteroatoms. The minimum atomic E-state index is 0.483. The third-order valence-electron chi connectivity index (χ3n) is 3.54. The van der Waals surface area contributed by atoms with E-state index in [1.54, 1.807) is 0 Å². The van der Waals surface area contributed by atoms with E-state index in [0.717, 1.165) is 25.2 Å². The normalized spacial score (nSPS) is 19.5. The van der Waals surface area contributed by atoms with Gasteiger partial charge in [-0.25, -0.2) is 4.98 Å². The first kappa shape index (κ1) is 11.5. The molecule has 2 aromatic heterocycles.